The highest BCUT2D eigenvalue weighted by Gasteiger charge is 2.11. The second kappa shape index (κ2) is 7.43. The quantitative estimate of drug-likeness (QED) is 0.739. The van der Waals surface area contributed by atoms with Crippen LogP contribution in [-0.2, 0) is 6.42 Å². The van der Waals surface area contributed by atoms with Gasteiger partial charge >= 0.3 is 0 Å². The minimum atomic E-state index is 0.630. The Hall–Kier alpha value is -1.36. The molecule has 0 radical (unpaired) electrons. The summed E-state index contributed by atoms with van der Waals surface area (Å²) in [5, 5.41) is 4.04. The minimum Gasteiger partial charge on any atom is -0.477 e. The van der Waals surface area contributed by atoms with Crippen LogP contribution < -0.4 is 10.1 Å². The lowest BCUT2D eigenvalue weighted by Gasteiger charge is -2.07. The number of hydrogen-bond donors (Lipinski definition) is 1. The van der Waals surface area contributed by atoms with Crippen molar-refractivity contribution in [1.82, 2.24) is 9.97 Å². The predicted octanol–water partition coefficient (Wildman–Crippen LogP) is 4.25. The lowest BCUT2D eigenvalue weighted by Crippen LogP contribution is -2.03. The smallest absolute Gasteiger partial charge is 0.227 e. The predicted molar refractivity (Wildman–Crippen MR) is 86.0 cm³/mol. The fraction of sp³-hybridized carbons (Fsp3) is 0.600. The molecule has 0 aliphatic carbocycles. The zero-order valence-electron chi connectivity index (χ0n) is 12.5. The highest BCUT2D eigenvalue weighted by molar-refractivity contribution is 7.18. The largest absolute Gasteiger partial charge is 0.477 e. The third-order valence-corrected chi connectivity index (χ3v) is 4.39. The van der Waals surface area contributed by atoms with Crippen LogP contribution in [0, 0.1) is 0 Å². The number of thiophene rings is 1. The van der Waals surface area contributed by atoms with Crippen LogP contribution in [-0.4, -0.2) is 23.6 Å². The van der Waals surface area contributed by atoms with Crippen LogP contribution in [0.3, 0.4) is 0 Å². The Morgan fingerprint density at radius 2 is 2.05 bits per heavy atom. The first-order chi connectivity index (χ1) is 9.78. The number of rotatable bonds is 8. The molecule has 2 aromatic heterocycles. The van der Waals surface area contributed by atoms with Crippen molar-refractivity contribution in [2.45, 2.75) is 46.0 Å². The standard InChI is InChI=1S/C15H23N3OS/c1-4-6-7-8-9-19-13-12-10-11(5-2)20-14(12)18-15(16-3)17-13/h10H,4-9H2,1-3H3,(H,16,17,18). The first-order valence-electron chi connectivity index (χ1n) is 7.39. The van der Waals surface area contributed by atoms with E-state index in [0.29, 0.717) is 11.8 Å². The van der Waals surface area contributed by atoms with Gasteiger partial charge in [-0.2, -0.15) is 4.98 Å². The highest BCUT2D eigenvalue weighted by Crippen LogP contribution is 2.31. The number of hydrogen-bond acceptors (Lipinski definition) is 5. The Morgan fingerprint density at radius 1 is 1.20 bits per heavy atom. The van der Waals surface area contributed by atoms with Gasteiger partial charge in [-0.1, -0.05) is 33.1 Å². The summed E-state index contributed by atoms with van der Waals surface area (Å²) in [6.45, 7) is 5.10. The average Bonchev–Trinajstić information content (AvgIpc) is 2.89. The number of unbranched alkanes of at least 4 members (excludes halogenated alkanes) is 3. The Kier molecular flexibility index (Phi) is 5.59. The molecule has 0 spiro atoms. The van der Waals surface area contributed by atoms with Crippen LogP contribution in [0.1, 0.15) is 44.4 Å². The molecule has 4 nitrogen and oxygen atoms in total. The van der Waals surface area contributed by atoms with Gasteiger partial charge in [0.1, 0.15) is 4.83 Å². The van der Waals surface area contributed by atoms with Gasteiger partial charge in [-0.15, -0.1) is 11.3 Å². The van der Waals surface area contributed by atoms with Gasteiger partial charge in [-0.25, -0.2) is 4.98 Å². The second-order valence-electron chi connectivity index (χ2n) is 4.80. The Balaban J connectivity index is 2.14. The van der Waals surface area contributed by atoms with Crippen molar-refractivity contribution in [2.75, 3.05) is 19.0 Å². The van der Waals surface area contributed by atoms with Crippen molar-refractivity contribution in [2.24, 2.45) is 0 Å². The summed E-state index contributed by atoms with van der Waals surface area (Å²) < 4.78 is 5.88. The van der Waals surface area contributed by atoms with Crippen molar-refractivity contribution in [3.05, 3.63) is 10.9 Å². The maximum atomic E-state index is 5.88. The third kappa shape index (κ3) is 3.60. The van der Waals surface area contributed by atoms with E-state index in [4.69, 9.17) is 4.74 Å². The Labute approximate surface area is 124 Å². The Morgan fingerprint density at radius 3 is 2.75 bits per heavy atom. The van der Waals surface area contributed by atoms with Crippen LogP contribution in [0.4, 0.5) is 5.95 Å². The highest BCUT2D eigenvalue weighted by atomic mass is 32.1. The van der Waals surface area contributed by atoms with Gasteiger partial charge in [-0.3, -0.25) is 0 Å². The summed E-state index contributed by atoms with van der Waals surface area (Å²) in [5.74, 6) is 1.34. The number of nitrogens with zero attached hydrogens (tertiary/aromatic N) is 2. The molecule has 2 heterocycles. The van der Waals surface area contributed by atoms with E-state index in [1.807, 2.05) is 7.05 Å². The average molecular weight is 293 g/mol. The summed E-state index contributed by atoms with van der Waals surface area (Å²) in [6.07, 6.45) is 5.83. The third-order valence-electron chi connectivity index (χ3n) is 3.22. The van der Waals surface area contributed by atoms with Crippen molar-refractivity contribution in [3.63, 3.8) is 0 Å². The molecule has 0 bridgehead atoms. The molecular formula is C15H23N3OS. The van der Waals surface area contributed by atoms with Crippen molar-refractivity contribution >= 4 is 27.5 Å². The molecule has 110 valence electrons. The van der Waals surface area contributed by atoms with Gasteiger partial charge in [0.25, 0.3) is 0 Å². The number of aromatic nitrogens is 2. The maximum Gasteiger partial charge on any atom is 0.227 e. The molecule has 2 rings (SSSR count). The molecule has 0 aliphatic rings. The van der Waals surface area contributed by atoms with Gasteiger partial charge < -0.3 is 10.1 Å². The molecule has 1 N–H and O–H groups in total. The molecular weight excluding hydrogens is 270 g/mol. The molecule has 0 atom stereocenters. The Bertz CT molecular complexity index is 553. The first-order valence-corrected chi connectivity index (χ1v) is 8.21. The van der Waals surface area contributed by atoms with Crippen LogP contribution in [0.5, 0.6) is 5.88 Å². The number of fused-ring (bicyclic) bond motifs is 1. The van der Waals surface area contributed by atoms with Crippen LogP contribution in [0.25, 0.3) is 10.2 Å². The van der Waals surface area contributed by atoms with Gasteiger partial charge in [0, 0.05) is 11.9 Å². The number of aryl methyl sites for hydroxylation is 1. The number of ether oxygens (including phenoxy) is 1. The van der Waals surface area contributed by atoms with Gasteiger partial charge in [0.05, 0.1) is 12.0 Å². The van der Waals surface area contributed by atoms with Gasteiger partial charge in [-0.05, 0) is 18.9 Å². The molecule has 5 heteroatoms. The summed E-state index contributed by atoms with van der Waals surface area (Å²) >= 11 is 1.72. The SMILES string of the molecule is CCCCCCOc1nc(NC)nc2sc(CC)cc12. The summed E-state index contributed by atoms with van der Waals surface area (Å²) in [6, 6.07) is 2.15. The maximum absolute atomic E-state index is 5.88. The summed E-state index contributed by atoms with van der Waals surface area (Å²) in [7, 11) is 1.83. The second-order valence-corrected chi connectivity index (χ2v) is 5.91. The molecule has 0 aliphatic heterocycles. The van der Waals surface area contributed by atoms with E-state index in [0.717, 1.165) is 29.7 Å². The lowest BCUT2D eigenvalue weighted by molar-refractivity contribution is 0.298. The molecule has 0 amide bonds. The monoisotopic (exact) mass is 293 g/mol. The molecule has 20 heavy (non-hydrogen) atoms. The van der Waals surface area contributed by atoms with E-state index in [9.17, 15) is 0 Å². The van der Waals surface area contributed by atoms with E-state index < -0.39 is 0 Å². The fourth-order valence-electron chi connectivity index (χ4n) is 2.04. The molecule has 0 saturated carbocycles. The zero-order valence-corrected chi connectivity index (χ0v) is 13.3. The van der Waals surface area contributed by atoms with E-state index >= 15 is 0 Å². The van der Waals surface area contributed by atoms with Crippen molar-refractivity contribution in [1.29, 1.82) is 0 Å². The van der Waals surface area contributed by atoms with Crippen molar-refractivity contribution < 1.29 is 4.74 Å². The van der Waals surface area contributed by atoms with Crippen LogP contribution in [0.15, 0.2) is 6.07 Å². The lowest BCUT2D eigenvalue weighted by atomic mass is 10.2. The summed E-state index contributed by atoms with van der Waals surface area (Å²) in [4.78, 5) is 11.3. The van der Waals surface area contributed by atoms with Gasteiger partial charge in [0.15, 0.2) is 0 Å². The first kappa shape index (κ1) is 15.0. The zero-order chi connectivity index (χ0) is 14.4. The normalized spacial score (nSPS) is 10.9. The number of anilines is 1. The molecule has 2 aromatic rings. The fourth-order valence-corrected chi connectivity index (χ4v) is 3.00. The van der Waals surface area contributed by atoms with E-state index in [1.165, 1.54) is 24.1 Å². The van der Waals surface area contributed by atoms with E-state index in [1.54, 1.807) is 11.3 Å². The molecule has 0 unspecified atom stereocenters. The topological polar surface area (TPSA) is 47.0 Å². The minimum absolute atomic E-state index is 0.630. The molecule has 0 aromatic carbocycles. The van der Waals surface area contributed by atoms with Crippen molar-refractivity contribution in [3.8, 4) is 5.88 Å². The van der Waals surface area contributed by atoms with Crippen LogP contribution in [0.2, 0.25) is 0 Å². The number of nitrogens with one attached hydrogen (secondary N) is 1. The summed E-state index contributed by atoms with van der Waals surface area (Å²) in [5.41, 5.74) is 0. The van der Waals surface area contributed by atoms with E-state index in [2.05, 4.69) is 35.2 Å². The molecule has 0 saturated heterocycles. The molecule has 0 fully saturated rings. The van der Waals surface area contributed by atoms with Gasteiger partial charge in [0.2, 0.25) is 11.8 Å². The van der Waals surface area contributed by atoms with Crippen LogP contribution >= 0.6 is 11.3 Å². The van der Waals surface area contributed by atoms with E-state index in [-0.39, 0.29) is 0 Å².